The zero-order chi connectivity index (χ0) is 9.97. The van der Waals surface area contributed by atoms with E-state index < -0.39 is 0 Å². The molecule has 1 fully saturated rings. The van der Waals surface area contributed by atoms with Gasteiger partial charge in [0.1, 0.15) is 0 Å². The highest BCUT2D eigenvalue weighted by Crippen LogP contribution is 2.33. The molecule has 1 heterocycles. The Labute approximate surface area is 90.5 Å². The molecule has 1 nitrogen and oxygen atoms in total. The molecule has 1 aliphatic rings. The van der Waals surface area contributed by atoms with Gasteiger partial charge in [0.2, 0.25) is 0 Å². The molecule has 1 aromatic rings. The van der Waals surface area contributed by atoms with E-state index >= 15 is 0 Å². The van der Waals surface area contributed by atoms with Crippen molar-refractivity contribution in [2.24, 2.45) is 11.8 Å². The maximum absolute atomic E-state index is 3.55. The minimum absolute atomic E-state index is 0.836. The zero-order valence-electron chi connectivity index (χ0n) is 9.05. The Balaban J connectivity index is 1.79. The largest absolute Gasteiger partial charge is 0.384 e. The first-order valence-corrected chi connectivity index (χ1v) is 6.48. The third kappa shape index (κ3) is 2.11. The highest BCUT2D eigenvalue weighted by molar-refractivity contribution is 7.08. The van der Waals surface area contributed by atoms with Crippen LogP contribution in [0.25, 0.3) is 0 Å². The summed E-state index contributed by atoms with van der Waals surface area (Å²) < 4.78 is 0. The minimum atomic E-state index is 0.836. The van der Waals surface area contributed by atoms with Crippen LogP contribution in [-0.4, -0.2) is 6.54 Å². The van der Waals surface area contributed by atoms with Crippen molar-refractivity contribution in [3.05, 3.63) is 16.3 Å². The number of rotatable bonds is 4. The molecular formula is C12H19NS. The van der Waals surface area contributed by atoms with Gasteiger partial charge in [0, 0.05) is 17.6 Å². The average molecular weight is 209 g/mol. The Morgan fingerprint density at radius 1 is 1.50 bits per heavy atom. The van der Waals surface area contributed by atoms with Gasteiger partial charge in [-0.3, -0.25) is 0 Å². The van der Waals surface area contributed by atoms with E-state index in [1.54, 1.807) is 11.3 Å². The van der Waals surface area contributed by atoms with Crippen molar-refractivity contribution in [2.75, 3.05) is 11.9 Å². The molecular weight excluding hydrogens is 190 g/mol. The van der Waals surface area contributed by atoms with E-state index in [2.05, 4.69) is 29.9 Å². The van der Waals surface area contributed by atoms with Gasteiger partial charge in [-0.15, -0.1) is 11.3 Å². The van der Waals surface area contributed by atoms with Crippen LogP contribution < -0.4 is 5.32 Å². The van der Waals surface area contributed by atoms with Crippen LogP contribution in [0.4, 0.5) is 5.69 Å². The maximum atomic E-state index is 3.55. The van der Waals surface area contributed by atoms with E-state index in [-0.39, 0.29) is 0 Å². The van der Waals surface area contributed by atoms with Gasteiger partial charge in [0.15, 0.2) is 0 Å². The van der Waals surface area contributed by atoms with Crippen LogP contribution in [0, 0.1) is 18.8 Å². The van der Waals surface area contributed by atoms with E-state index in [0.29, 0.717) is 0 Å². The standard InChI is InChI=1S/C12H19NS/c1-9(11-4-3-5-11)6-13-12-8-14-7-10(12)2/h7-9,11,13H,3-6H2,1-2H3. The molecule has 78 valence electrons. The second kappa shape index (κ2) is 4.35. The summed E-state index contributed by atoms with van der Waals surface area (Å²) in [4.78, 5) is 0. The lowest BCUT2D eigenvalue weighted by molar-refractivity contribution is 0.229. The SMILES string of the molecule is Cc1cscc1NCC(C)C1CCC1. The molecule has 14 heavy (non-hydrogen) atoms. The molecule has 2 heteroatoms. The lowest BCUT2D eigenvalue weighted by Crippen LogP contribution is -2.25. The second-order valence-electron chi connectivity index (χ2n) is 4.52. The summed E-state index contributed by atoms with van der Waals surface area (Å²) in [5.41, 5.74) is 2.72. The molecule has 0 amide bonds. The number of hydrogen-bond donors (Lipinski definition) is 1. The summed E-state index contributed by atoms with van der Waals surface area (Å²) in [6.07, 6.45) is 4.35. The molecule has 0 aromatic carbocycles. The summed E-state index contributed by atoms with van der Waals surface area (Å²) in [7, 11) is 0. The molecule has 1 aromatic heterocycles. The summed E-state index contributed by atoms with van der Waals surface area (Å²) in [5, 5.41) is 7.97. The van der Waals surface area contributed by atoms with Crippen molar-refractivity contribution in [3.8, 4) is 0 Å². The highest BCUT2D eigenvalue weighted by atomic mass is 32.1. The number of thiophene rings is 1. The van der Waals surface area contributed by atoms with Crippen LogP contribution in [0.3, 0.4) is 0 Å². The Morgan fingerprint density at radius 2 is 2.29 bits per heavy atom. The number of anilines is 1. The van der Waals surface area contributed by atoms with Crippen LogP contribution in [-0.2, 0) is 0 Å². The Kier molecular flexibility index (Phi) is 3.12. The fraction of sp³-hybridized carbons (Fsp3) is 0.667. The zero-order valence-corrected chi connectivity index (χ0v) is 9.86. The van der Waals surface area contributed by atoms with Gasteiger partial charge >= 0.3 is 0 Å². The van der Waals surface area contributed by atoms with Crippen LogP contribution in [0.2, 0.25) is 0 Å². The second-order valence-corrected chi connectivity index (χ2v) is 5.26. The predicted molar refractivity (Wildman–Crippen MR) is 64.1 cm³/mol. The van der Waals surface area contributed by atoms with E-state index in [0.717, 1.165) is 18.4 Å². The quantitative estimate of drug-likeness (QED) is 0.793. The molecule has 1 saturated carbocycles. The molecule has 2 rings (SSSR count). The molecule has 1 unspecified atom stereocenters. The monoisotopic (exact) mass is 209 g/mol. The van der Waals surface area contributed by atoms with E-state index in [1.807, 2.05) is 0 Å². The molecule has 1 aliphatic carbocycles. The summed E-state index contributed by atoms with van der Waals surface area (Å²) in [5.74, 6) is 1.82. The van der Waals surface area contributed by atoms with Crippen molar-refractivity contribution in [1.29, 1.82) is 0 Å². The Morgan fingerprint density at radius 3 is 2.79 bits per heavy atom. The van der Waals surface area contributed by atoms with E-state index in [1.165, 1.54) is 30.5 Å². The summed E-state index contributed by atoms with van der Waals surface area (Å²) >= 11 is 1.78. The fourth-order valence-corrected chi connectivity index (χ4v) is 2.79. The predicted octanol–water partition coefficient (Wildman–Crippen LogP) is 3.90. The maximum Gasteiger partial charge on any atom is 0.0478 e. The topological polar surface area (TPSA) is 12.0 Å². The third-order valence-corrected chi connectivity index (χ3v) is 4.29. The van der Waals surface area contributed by atoms with Crippen molar-refractivity contribution < 1.29 is 0 Å². The van der Waals surface area contributed by atoms with Gasteiger partial charge in [-0.25, -0.2) is 0 Å². The van der Waals surface area contributed by atoms with Crippen molar-refractivity contribution in [2.45, 2.75) is 33.1 Å². The van der Waals surface area contributed by atoms with Gasteiger partial charge in [-0.2, -0.15) is 0 Å². The lowest BCUT2D eigenvalue weighted by Gasteiger charge is -2.31. The van der Waals surface area contributed by atoms with Gasteiger partial charge in [-0.1, -0.05) is 26.2 Å². The first kappa shape index (κ1) is 10.0. The molecule has 1 atom stereocenters. The van der Waals surface area contributed by atoms with Crippen LogP contribution in [0.15, 0.2) is 10.8 Å². The molecule has 1 N–H and O–H groups in total. The van der Waals surface area contributed by atoms with E-state index in [9.17, 15) is 0 Å². The average Bonchev–Trinajstić information content (AvgIpc) is 2.44. The molecule has 0 saturated heterocycles. The van der Waals surface area contributed by atoms with Crippen molar-refractivity contribution in [3.63, 3.8) is 0 Å². The number of nitrogens with one attached hydrogen (secondary N) is 1. The molecule has 0 radical (unpaired) electrons. The van der Waals surface area contributed by atoms with Gasteiger partial charge in [0.25, 0.3) is 0 Å². The van der Waals surface area contributed by atoms with Crippen molar-refractivity contribution in [1.82, 2.24) is 0 Å². The summed E-state index contributed by atoms with van der Waals surface area (Å²) in [6.45, 7) is 5.69. The number of hydrogen-bond acceptors (Lipinski definition) is 2. The van der Waals surface area contributed by atoms with Gasteiger partial charge in [0.05, 0.1) is 0 Å². The lowest BCUT2D eigenvalue weighted by atomic mass is 9.77. The highest BCUT2D eigenvalue weighted by Gasteiger charge is 2.23. The fourth-order valence-electron chi connectivity index (χ4n) is 1.99. The van der Waals surface area contributed by atoms with Gasteiger partial charge < -0.3 is 5.32 Å². The first-order valence-electron chi connectivity index (χ1n) is 5.54. The van der Waals surface area contributed by atoms with E-state index in [4.69, 9.17) is 0 Å². The van der Waals surface area contributed by atoms with Crippen LogP contribution >= 0.6 is 11.3 Å². The van der Waals surface area contributed by atoms with Crippen molar-refractivity contribution >= 4 is 17.0 Å². The third-order valence-electron chi connectivity index (χ3n) is 3.42. The Hall–Kier alpha value is -0.500. The molecule has 0 bridgehead atoms. The summed E-state index contributed by atoms with van der Waals surface area (Å²) in [6, 6.07) is 0. The Bertz CT molecular complexity index is 288. The molecule has 0 aliphatic heterocycles. The van der Waals surface area contributed by atoms with Crippen LogP contribution in [0.1, 0.15) is 31.7 Å². The number of aryl methyl sites for hydroxylation is 1. The molecule has 0 spiro atoms. The van der Waals surface area contributed by atoms with Gasteiger partial charge in [-0.05, 0) is 29.7 Å². The normalized spacial score (nSPS) is 19.0. The first-order chi connectivity index (χ1) is 6.77. The smallest absolute Gasteiger partial charge is 0.0478 e. The minimum Gasteiger partial charge on any atom is -0.384 e. The van der Waals surface area contributed by atoms with Crippen LogP contribution in [0.5, 0.6) is 0 Å².